The first-order valence-electron chi connectivity index (χ1n) is 6.75. The summed E-state index contributed by atoms with van der Waals surface area (Å²) in [7, 11) is -3.47. The van der Waals surface area contributed by atoms with Gasteiger partial charge in [0.2, 0.25) is 10.0 Å². The third kappa shape index (κ3) is 6.97. The molecule has 0 fully saturated rings. The van der Waals surface area contributed by atoms with E-state index in [4.69, 9.17) is 5.11 Å². The first kappa shape index (κ1) is 18.0. The Hall–Kier alpha value is -1.05. The Labute approximate surface area is 130 Å². The van der Waals surface area contributed by atoms with Gasteiger partial charge in [0.1, 0.15) is 0 Å². The number of hydrogen-bond acceptors (Lipinski definition) is 4. The van der Waals surface area contributed by atoms with Gasteiger partial charge in [-0.1, -0.05) is 12.1 Å². The van der Waals surface area contributed by atoms with E-state index in [1.54, 1.807) is 23.9 Å². The van der Waals surface area contributed by atoms with Crippen molar-refractivity contribution in [1.29, 1.82) is 0 Å². The van der Waals surface area contributed by atoms with Gasteiger partial charge in [0, 0.05) is 13.0 Å². The molecule has 0 aliphatic heterocycles. The predicted molar refractivity (Wildman–Crippen MR) is 85.2 cm³/mol. The molecule has 0 aliphatic rings. The molecule has 0 bridgehead atoms. The van der Waals surface area contributed by atoms with Crippen molar-refractivity contribution >= 4 is 27.8 Å². The molecule has 0 saturated heterocycles. The summed E-state index contributed by atoms with van der Waals surface area (Å²) in [4.78, 5) is 10.7. The molecule has 1 aromatic carbocycles. The lowest BCUT2D eigenvalue weighted by molar-refractivity contribution is -0.136. The molecule has 0 heterocycles. The number of nitrogens with one attached hydrogen (secondary N) is 1. The van der Waals surface area contributed by atoms with E-state index in [1.165, 1.54) is 12.1 Å². The minimum absolute atomic E-state index is 0.0415. The van der Waals surface area contributed by atoms with Crippen LogP contribution in [0.15, 0.2) is 29.2 Å². The Balaban J connectivity index is 2.52. The van der Waals surface area contributed by atoms with E-state index in [0.717, 1.165) is 24.2 Å². The van der Waals surface area contributed by atoms with Gasteiger partial charge in [0.15, 0.2) is 0 Å². The van der Waals surface area contributed by atoms with Crippen molar-refractivity contribution in [2.75, 3.05) is 18.6 Å². The van der Waals surface area contributed by atoms with Gasteiger partial charge in [-0.25, -0.2) is 13.1 Å². The van der Waals surface area contributed by atoms with Gasteiger partial charge < -0.3 is 5.11 Å². The monoisotopic (exact) mass is 331 g/mol. The summed E-state index contributed by atoms with van der Waals surface area (Å²) >= 11 is 1.75. The van der Waals surface area contributed by atoms with Crippen LogP contribution in [-0.2, 0) is 21.2 Å². The molecule has 7 heteroatoms. The van der Waals surface area contributed by atoms with Crippen LogP contribution < -0.4 is 4.72 Å². The molecule has 1 aromatic rings. The van der Waals surface area contributed by atoms with Gasteiger partial charge in [0.25, 0.3) is 0 Å². The fourth-order valence-electron chi connectivity index (χ4n) is 1.75. The van der Waals surface area contributed by atoms with Gasteiger partial charge in [-0.05, 0) is 49.0 Å². The van der Waals surface area contributed by atoms with E-state index in [1.807, 2.05) is 6.26 Å². The maximum absolute atomic E-state index is 12.0. The van der Waals surface area contributed by atoms with E-state index >= 15 is 0 Å². The first-order valence-corrected chi connectivity index (χ1v) is 9.63. The number of carbonyl (C=O) groups is 1. The lowest BCUT2D eigenvalue weighted by atomic mass is 10.1. The number of aliphatic carboxylic acids is 1. The Morgan fingerprint density at radius 3 is 2.48 bits per heavy atom. The molecule has 2 N–H and O–H groups in total. The summed E-state index contributed by atoms with van der Waals surface area (Å²) in [5, 5.41) is 8.61. The molecular weight excluding hydrogens is 310 g/mol. The lowest BCUT2D eigenvalue weighted by Crippen LogP contribution is -2.24. The summed E-state index contributed by atoms with van der Waals surface area (Å²) in [6.07, 6.45) is 4.27. The van der Waals surface area contributed by atoms with Gasteiger partial charge in [0.05, 0.1) is 4.90 Å². The Morgan fingerprint density at radius 2 is 1.90 bits per heavy atom. The molecule has 1 rings (SSSR count). The van der Waals surface area contributed by atoms with Crippen LogP contribution in [0, 0.1) is 0 Å². The normalized spacial score (nSPS) is 11.5. The summed E-state index contributed by atoms with van der Waals surface area (Å²) in [6, 6.07) is 6.35. The second-order valence-electron chi connectivity index (χ2n) is 4.64. The van der Waals surface area contributed by atoms with Crippen LogP contribution in [0.4, 0.5) is 0 Å². The summed E-state index contributed by atoms with van der Waals surface area (Å²) in [5.41, 5.74) is 0.816. The number of carboxylic acids is 1. The van der Waals surface area contributed by atoms with Crippen LogP contribution in [0.1, 0.15) is 24.8 Å². The van der Waals surface area contributed by atoms with Crippen molar-refractivity contribution in [3.63, 3.8) is 0 Å². The fraction of sp³-hybridized carbons (Fsp3) is 0.500. The van der Waals surface area contributed by atoms with Crippen LogP contribution >= 0.6 is 11.8 Å². The van der Waals surface area contributed by atoms with Crippen molar-refractivity contribution in [2.45, 2.75) is 30.6 Å². The van der Waals surface area contributed by atoms with E-state index < -0.39 is 16.0 Å². The minimum Gasteiger partial charge on any atom is -0.481 e. The van der Waals surface area contributed by atoms with Gasteiger partial charge in [-0.2, -0.15) is 11.8 Å². The van der Waals surface area contributed by atoms with Crippen LogP contribution in [0.3, 0.4) is 0 Å². The van der Waals surface area contributed by atoms with Crippen LogP contribution in [0.5, 0.6) is 0 Å². The quantitative estimate of drug-likeness (QED) is 0.642. The smallest absolute Gasteiger partial charge is 0.303 e. The standard InChI is InChI=1S/C14H21NO4S2/c1-20-11-3-2-10-15-21(18,19)13-7-4-12(5-8-13)6-9-14(16)17/h4-5,7-8,15H,2-3,6,9-11H2,1H3,(H,16,17). The molecule has 0 amide bonds. The minimum atomic E-state index is -3.47. The Bertz CT molecular complexity index is 541. The number of hydrogen-bond donors (Lipinski definition) is 2. The second-order valence-corrected chi connectivity index (χ2v) is 7.39. The Kier molecular flexibility index (Phi) is 7.77. The molecule has 0 aromatic heterocycles. The number of benzene rings is 1. The number of carboxylic acid groups (broad SMARTS) is 1. The predicted octanol–water partition coefficient (Wildman–Crippen LogP) is 2.13. The maximum Gasteiger partial charge on any atom is 0.303 e. The molecule has 5 nitrogen and oxygen atoms in total. The van der Waals surface area contributed by atoms with Crippen LogP contribution in [-0.4, -0.2) is 38.0 Å². The molecule has 0 aliphatic carbocycles. The van der Waals surface area contributed by atoms with Crippen LogP contribution in [0.2, 0.25) is 0 Å². The highest BCUT2D eigenvalue weighted by molar-refractivity contribution is 7.98. The lowest BCUT2D eigenvalue weighted by Gasteiger charge is -2.07. The average molecular weight is 331 g/mol. The highest BCUT2D eigenvalue weighted by Crippen LogP contribution is 2.12. The summed E-state index contributed by atoms with van der Waals surface area (Å²) < 4.78 is 26.6. The number of unbranched alkanes of at least 4 members (excludes halogenated alkanes) is 1. The number of sulfonamides is 1. The molecule has 0 radical (unpaired) electrons. The van der Waals surface area contributed by atoms with Crippen molar-refractivity contribution < 1.29 is 18.3 Å². The topological polar surface area (TPSA) is 83.5 Å². The average Bonchev–Trinajstić information content (AvgIpc) is 2.45. The first-order chi connectivity index (χ1) is 9.95. The van der Waals surface area contributed by atoms with Crippen LogP contribution in [0.25, 0.3) is 0 Å². The molecule has 0 atom stereocenters. The zero-order chi connectivity index (χ0) is 15.7. The van der Waals surface area contributed by atoms with Crippen molar-refractivity contribution in [3.05, 3.63) is 29.8 Å². The zero-order valence-electron chi connectivity index (χ0n) is 12.0. The summed E-state index contributed by atoms with van der Waals surface area (Å²) in [6.45, 7) is 0.434. The van der Waals surface area contributed by atoms with E-state index in [9.17, 15) is 13.2 Å². The van der Waals surface area contributed by atoms with Gasteiger partial charge in [-0.15, -0.1) is 0 Å². The van der Waals surface area contributed by atoms with Crippen molar-refractivity contribution in [2.24, 2.45) is 0 Å². The highest BCUT2D eigenvalue weighted by Gasteiger charge is 2.12. The fourth-order valence-corrected chi connectivity index (χ4v) is 3.31. The van der Waals surface area contributed by atoms with Gasteiger partial charge >= 0.3 is 5.97 Å². The Morgan fingerprint density at radius 1 is 1.24 bits per heavy atom. The SMILES string of the molecule is CSCCCCNS(=O)(=O)c1ccc(CCC(=O)O)cc1. The molecule has 118 valence electrons. The molecule has 0 unspecified atom stereocenters. The second kappa shape index (κ2) is 9.07. The molecule has 21 heavy (non-hydrogen) atoms. The zero-order valence-corrected chi connectivity index (χ0v) is 13.7. The maximum atomic E-state index is 12.0. The molecule has 0 spiro atoms. The third-order valence-corrected chi connectivity index (χ3v) is 5.10. The van der Waals surface area contributed by atoms with E-state index in [-0.39, 0.29) is 11.3 Å². The van der Waals surface area contributed by atoms with Gasteiger partial charge in [-0.3, -0.25) is 4.79 Å². The van der Waals surface area contributed by atoms with E-state index in [0.29, 0.717) is 13.0 Å². The molecular formula is C14H21NO4S2. The van der Waals surface area contributed by atoms with Crippen molar-refractivity contribution in [1.82, 2.24) is 4.72 Å². The summed E-state index contributed by atoms with van der Waals surface area (Å²) in [5.74, 6) is 0.165. The van der Waals surface area contributed by atoms with Crippen molar-refractivity contribution in [3.8, 4) is 0 Å². The highest BCUT2D eigenvalue weighted by atomic mass is 32.2. The third-order valence-electron chi connectivity index (χ3n) is 2.93. The van der Waals surface area contributed by atoms with E-state index in [2.05, 4.69) is 4.72 Å². The number of aryl methyl sites for hydroxylation is 1. The number of thioether (sulfide) groups is 1. The largest absolute Gasteiger partial charge is 0.481 e. The number of rotatable bonds is 10. The molecule has 0 saturated carbocycles.